The number of carbonyl (C=O) groups excluding carboxylic acids is 1. The van der Waals surface area contributed by atoms with E-state index in [4.69, 9.17) is 44.3 Å². The molecule has 0 fully saturated rings. The fraction of sp³-hybridized carbons (Fsp3) is 0.167. The minimum atomic E-state index is -0.812. The third kappa shape index (κ3) is 6.27. The number of ether oxygens (including phenoxy) is 2. The van der Waals surface area contributed by atoms with Crippen LogP contribution in [0.2, 0.25) is 15.1 Å². The molecule has 42 heavy (non-hydrogen) atoms. The maximum absolute atomic E-state index is 14.1. The van der Waals surface area contributed by atoms with Crippen LogP contribution >= 0.6 is 78.0 Å². The fourth-order valence-electron chi connectivity index (χ4n) is 4.55. The van der Waals surface area contributed by atoms with E-state index in [9.17, 15) is 9.59 Å². The zero-order chi connectivity index (χ0) is 30.1. The molecule has 0 unspecified atom stereocenters. The summed E-state index contributed by atoms with van der Waals surface area (Å²) in [6.07, 6.45) is 1.74. The van der Waals surface area contributed by atoms with E-state index >= 15 is 0 Å². The van der Waals surface area contributed by atoms with E-state index in [0.717, 1.165) is 10.0 Å². The lowest BCUT2D eigenvalue weighted by atomic mass is 9.96. The van der Waals surface area contributed by atoms with Crippen LogP contribution in [0.3, 0.4) is 0 Å². The van der Waals surface area contributed by atoms with Crippen LogP contribution < -0.4 is 19.6 Å². The SMILES string of the molecule is CCOC(=O)C1=C(C)N=c2s/c(=C\c3cc(Br)cc(Br)c3OCc3ccc(Cl)cc3Cl)c(=O)n2[C@@H]1c1ccccc1Cl. The molecule has 6 nitrogen and oxygen atoms in total. The standard InChI is InChI=1S/C30H21Br2Cl3N2O4S/c1-3-40-29(39)25-15(2)36-30-37(26(25)20-6-4-5-7-22(20)34)28(38)24(42-30)11-17-10-18(31)12-21(32)27(17)41-14-16-8-9-19(33)13-23(16)35/h4-13,26H,3,14H2,1-2H3/b24-11-/t26-/m1/s1. The van der Waals surface area contributed by atoms with E-state index in [2.05, 4.69) is 36.9 Å². The Morgan fingerprint density at radius 2 is 1.86 bits per heavy atom. The number of thiazole rings is 1. The number of allylic oxidation sites excluding steroid dienone is 1. The van der Waals surface area contributed by atoms with E-state index in [0.29, 0.717) is 51.4 Å². The Bertz CT molecular complexity index is 1940. The summed E-state index contributed by atoms with van der Waals surface area (Å²) in [5, 5.41) is 1.43. The molecule has 0 N–H and O–H groups in total. The smallest absolute Gasteiger partial charge is 0.338 e. The Kier molecular flexibility index (Phi) is 9.66. The summed E-state index contributed by atoms with van der Waals surface area (Å²) in [5.74, 6) is -0.0356. The lowest BCUT2D eigenvalue weighted by Crippen LogP contribution is -2.40. The van der Waals surface area contributed by atoms with Crippen LogP contribution in [-0.4, -0.2) is 17.1 Å². The largest absolute Gasteiger partial charge is 0.487 e. The van der Waals surface area contributed by atoms with Crippen LogP contribution in [-0.2, 0) is 16.1 Å². The minimum absolute atomic E-state index is 0.174. The number of rotatable bonds is 7. The van der Waals surface area contributed by atoms with Gasteiger partial charge in [0.05, 0.1) is 26.9 Å². The topological polar surface area (TPSA) is 69.9 Å². The van der Waals surface area contributed by atoms with Crippen molar-refractivity contribution in [3.8, 4) is 5.75 Å². The number of carbonyl (C=O) groups is 1. The van der Waals surface area contributed by atoms with Gasteiger partial charge < -0.3 is 9.47 Å². The van der Waals surface area contributed by atoms with Crippen LogP contribution in [0.4, 0.5) is 0 Å². The maximum Gasteiger partial charge on any atom is 0.338 e. The molecule has 0 bridgehead atoms. The molecule has 1 aromatic heterocycles. The third-order valence-corrected chi connectivity index (χ3v) is 9.39. The molecule has 216 valence electrons. The lowest BCUT2D eigenvalue weighted by Gasteiger charge is -2.25. The molecular formula is C30H21Br2Cl3N2O4S. The van der Waals surface area contributed by atoms with E-state index in [1.54, 1.807) is 56.3 Å². The van der Waals surface area contributed by atoms with Gasteiger partial charge in [0, 0.05) is 30.7 Å². The minimum Gasteiger partial charge on any atom is -0.487 e. The second-order valence-corrected chi connectivity index (χ2v) is 13.2. The van der Waals surface area contributed by atoms with Gasteiger partial charge >= 0.3 is 5.97 Å². The number of hydrogen-bond acceptors (Lipinski definition) is 6. The van der Waals surface area contributed by atoms with E-state index in [1.165, 1.54) is 15.9 Å². The van der Waals surface area contributed by atoms with Gasteiger partial charge in [-0.05, 0) is 71.7 Å². The monoisotopic (exact) mass is 768 g/mol. The molecule has 4 aromatic rings. The van der Waals surface area contributed by atoms with E-state index in [1.807, 2.05) is 18.2 Å². The molecule has 0 radical (unpaired) electrons. The average Bonchev–Trinajstić information content (AvgIpc) is 3.23. The summed E-state index contributed by atoms with van der Waals surface area (Å²) in [4.78, 5) is 32.2. The summed E-state index contributed by atoms with van der Waals surface area (Å²) < 4.78 is 14.9. The first-order valence-electron chi connectivity index (χ1n) is 12.6. The highest BCUT2D eigenvalue weighted by Gasteiger charge is 2.34. The summed E-state index contributed by atoms with van der Waals surface area (Å²) in [7, 11) is 0. The molecule has 0 amide bonds. The Morgan fingerprint density at radius 3 is 2.57 bits per heavy atom. The quantitative estimate of drug-likeness (QED) is 0.180. The molecule has 3 aromatic carbocycles. The van der Waals surface area contributed by atoms with E-state index in [-0.39, 0.29) is 24.3 Å². The van der Waals surface area contributed by atoms with Crippen molar-refractivity contribution in [2.45, 2.75) is 26.5 Å². The van der Waals surface area contributed by atoms with Crippen LogP contribution in [0.5, 0.6) is 5.75 Å². The zero-order valence-corrected chi connectivity index (χ0v) is 28.3. The van der Waals surface area contributed by atoms with Crippen molar-refractivity contribution in [1.29, 1.82) is 0 Å². The zero-order valence-electron chi connectivity index (χ0n) is 22.1. The van der Waals surface area contributed by atoms with Crippen molar-refractivity contribution in [1.82, 2.24) is 4.57 Å². The molecule has 2 heterocycles. The molecule has 12 heteroatoms. The van der Waals surface area contributed by atoms with Crippen molar-refractivity contribution < 1.29 is 14.3 Å². The van der Waals surface area contributed by atoms with Gasteiger partial charge in [-0.2, -0.15) is 0 Å². The second-order valence-electron chi connectivity index (χ2n) is 9.15. The van der Waals surface area contributed by atoms with Gasteiger partial charge in [0.25, 0.3) is 5.56 Å². The first-order chi connectivity index (χ1) is 20.1. The number of halogens is 5. The predicted molar refractivity (Wildman–Crippen MR) is 174 cm³/mol. The first-order valence-corrected chi connectivity index (χ1v) is 16.1. The molecule has 0 aliphatic carbocycles. The van der Waals surface area contributed by atoms with Crippen molar-refractivity contribution in [2.75, 3.05) is 6.61 Å². The molecule has 0 saturated carbocycles. The molecule has 1 aliphatic rings. The van der Waals surface area contributed by atoms with Gasteiger partial charge in [-0.3, -0.25) is 9.36 Å². The number of aromatic nitrogens is 1. The van der Waals surface area contributed by atoms with Crippen LogP contribution in [0, 0.1) is 0 Å². The van der Waals surface area contributed by atoms with Crippen LogP contribution in [0.15, 0.2) is 84.6 Å². The molecular weight excluding hydrogens is 751 g/mol. The highest BCUT2D eigenvalue weighted by molar-refractivity contribution is 9.11. The molecule has 0 saturated heterocycles. The predicted octanol–water partition coefficient (Wildman–Crippen LogP) is 7.86. The number of esters is 1. The Balaban J connectivity index is 1.65. The normalized spacial score (nSPS) is 14.9. The lowest BCUT2D eigenvalue weighted by molar-refractivity contribution is -0.139. The van der Waals surface area contributed by atoms with Gasteiger partial charge in [0.15, 0.2) is 4.80 Å². The summed E-state index contributed by atoms with van der Waals surface area (Å²) in [6.45, 7) is 3.81. The average molecular weight is 772 g/mol. The molecule has 1 aliphatic heterocycles. The van der Waals surface area contributed by atoms with Crippen LogP contribution in [0.25, 0.3) is 6.08 Å². The molecule has 5 rings (SSSR count). The highest BCUT2D eigenvalue weighted by atomic mass is 79.9. The van der Waals surface area contributed by atoms with Gasteiger partial charge in [0.1, 0.15) is 18.4 Å². The van der Waals surface area contributed by atoms with Crippen LogP contribution in [0.1, 0.15) is 36.6 Å². The van der Waals surface area contributed by atoms with Crippen molar-refractivity contribution in [2.24, 2.45) is 4.99 Å². The number of benzene rings is 3. The number of hydrogen-bond donors (Lipinski definition) is 0. The Hall–Kier alpha value is -2.40. The number of fused-ring (bicyclic) bond motifs is 1. The van der Waals surface area contributed by atoms with Gasteiger partial charge in [0.2, 0.25) is 0 Å². The van der Waals surface area contributed by atoms with Crippen molar-refractivity contribution in [3.63, 3.8) is 0 Å². The first kappa shape index (κ1) is 31.0. The second kappa shape index (κ2) is 13.1. The molecule has 1 atom stereocenters. The van der Waals surface area contributed by atoms with Crippen molar-refractivity contribution in [3.05, 3.63) is 126 Å². The van der Waals surface area contributed by atoms with Crippen molar-refractivity contribution >= 4 is 90.0 Å². The highest BCUT2D eigenvalue weighted by Crippen LogP contribution is 2.36. The fourth-order valence-corrected chi connectivity index (χ4v) is 7.66. The third-order valence-electron chi connectivity index (χ3n) is 6.43. The number of nitrogens with zero attached hydrogens (tertiary/aromatic N) is 2. The summed E-state index contributed by atoms with van der Waals surface area (Å²) in [5.41, 5.74) is 2.38. The van der Waals surface area contributed by atoms with Gasteiger partial charge in [-0.1, -0.05) is 86.3 Å². The van der Waals surface area contributed by atoms with Gasteiger partial charge in [-0.25, -0.2) is 9.79 Å². The van der Waals surface area contributed by atoms with E-state index < -0.39 is 12.0 Å². The Morgan fingerprint density at radius 1 is 1.10 bits per heavy atom. The van der Waals surface area contributed by atoms with Gasteiger partial charge in [-0.15, -0.1) is 0 Å². The summed E-state index contributed by atoms with van der Waals surface area (Å²) in [6, 6.07) is 15.2. The maximum atomic E-state index is 14.1. The molecule has 0 spiro atoms. The Labute approximate surface area is 277 Å². The summed E-state index contributed by atoms with van der Waals surface area (Å²) >= 11 is 27.3.